The van der Waals surface area contributed by atoms with E-state index in [-0.39, 0.29) is 5.41 Å². The van der Waals surface area contributed by atoms with Gasteiger partial charge in [0.25, 0.3) is 0 Å². The van der Waals surface area contributed by atoms with Gasteiger partial charge in [-0.1, -0.05) is 147 Å². The molecule has 1 unspecified atom stereocenters. The van der Waals surface area contributed by atoms with Gasteiger partial charge in [0.05, 0.1) is 16.4 Å². The maximum atomic E-state index is 2.51. The highest BCUT2D eigenvalue weighted by atomic mass is 15.1. The van der Waals surface area contributed by atoms with Crippen molar-refractivity contribution in [1.82, 2.24) is 4.57 Å². The third-order valence-electron chi connectivity index (χ3n) is 13.8. The van der Waals surface area contributed by atoms with Crippen molar-refractivity contribution >= 4 is 49.6 Å². The molecule has 0 amide bonds. The summed E-state index contributed by atoms with van der Waals surface area (Å²) in [6.45, 7) is 4.69. The van der Waals surface area contributed by atoms with Crippen LogP contribution < -0.4 is 4.90 Å². The van der Waals surface area contributed by atoms with E-state index in [1.807, 2.05) is 0 Å². The molecule has 10 aromatic rings. The van der Waals surface area contributed by atoms with Crippen LogP contribution in [-0.2, 0) is 10.8 Å². The van der Waals surface area contributed by atoms with Gasteiger partial charge in [-0.15, -0.1) is 0 Å². The molecular weight excluding hydrogens is 701 g/mol. The van der Waals surface area contributed by atoms with E-state index in [0.717, 1.165) is 22.7 Å². The zero-order valence-corrected chi connectivity index (χ0v) is 32.4. The highest BCUT2D eigenvalue weighted by Gasteiger charge is 2.50. The molecule has 0 N–H and O–H groups in total. The van der Waals surface area contributed by atoms with E-state index in [1.165, 1.54) is 88.2 Å². The predicted molar refractivity (Wildman–Crippen MR) is 241 cm³/mol. The number of fused-ring (bicyclic) bond motifs is 7. The molecule has 1 atom stereocenters. The largest absolute Gasteiger partial charge is 0.310 e. The van der Waals surface area contributed by atoms with Crippen LogP contribution in [0.4, 0.5) is 17.1 Å². The Labute approximate surface area is 337 Å². The topological polar surface area (TPSA) is 8.17 Å². The number of hydrogen-bond acceptors (Lipinski definition) is 1. The van der Waals surface area contributed by atoms with Crippen molar-refractivity contribution in [2.24, 2.45) is 0 Å². The van der Waals surface area contributed by atoms with E-state index in [4.69, 9.17) is 0 Å². The fraction of sp³-hybridized carbons (Fsp3) is 0.0714. The average molecular weight is 739 g/mol. The van der Waals surface area contributed by atoms with Gasteiger partial charge in [-0.05, 0) is 127 Å². The molecular formula is C56H38N2. The first-order chi connectivity index (χ1) is 28.5. The number of hydrogen-bond donors (Lipinski definition) is 0. The van der Waals surface area contributed by atoms with Gasteiger partial charge in [0, 0.05) is 38.9 Å². The average Bonchev–Trinajstić information content (AvgIpc) is 3.86. The quantitative estimate of drug-likeness (QED) is 0.171. The molecule has 58 heavy (non-hydrogen) atoms. The molecule has 13 rings (SSSR count). The van der Waals surface area contributed by atoms with Gasteiger partial charge in [-0.2, -0.15) is 0 Å². The Bertz CT molecular complexity index is 3350. The van der Waals surface area contributed by atoms with Crippen LogP contribution in [0.2, 0.25) is 0 Å². The first kappa shape index (κ1) is 32.0. The highest BCUT2D eigenvalue weighted by Crippen LogP contribution is 2.63. The van der Waals surface area contributed by atoms with Crippen LogP contribution in [0.1, 0.15) is 47.2 Å². The van der Waals surface area contributed by atoms with Crippen LogP contribution in [0.5, 0.6) is 0 Å². The van der Waals surface area contributed by atoms with Gasteiger partial charge in [-0.25, -0.2) is 0 Å². The summed E-state index contributed by atoms with van der Waals surface area (Å²) in [6, 6.07) is 72.7. The smallest absolute Gasteiger partial charge is 0.0726 e. The number of para-hydroxylation sites is 1. The van der Waals surface area contributed by atoms with Crippen LogP contribution >= 0.6 is 0 Å². The summed E-state index contributed by atoms with van der Waals surface area (Å²) in [5.41, 5.74) is 20.2. The molecule has 0 aliphatic heterocycles. The van der Waals surface area contributed by atoms with Crippen molar-refractivity contribution in [1.29, 1.82) is 0 Å². The van der Waals surface area contributed by atoms with Gasteiger partial charge in [0.15, 0.2) is 0 Å². The van der Waals surface area contributed by atoms with Crippen molar-refractivity contribution in [3.05, 3.63) is 228 Å². The zero-order chi connectivity index (χ0) is 38.3. The highest BCUT2D eigenvalue weighted by molar-refractivity contribution is 6.28. The summed E-state index contributed by atoms with van der Waals surface area (Å²) in [6.07, 6.45) is 0. The first-order valence-corrected chi connectivity index (χ1v) is 20.4. The number of benzene rings is 9. The van der Waals surface area contributed by atoms with Crippen LogP contribution in [0.3, 0.4) is 0 Å². The Balaban J connectivity index is 1.03. The molecule has 0 radical (unpaired) electrons. The van der Waals surface area contributed by atoms with Crippen LogP contribution in [0, 0.1) is 0 Å². The van der Waals surface area contributed by atoms with E-state index in [2.05, 4.69) is 217 Å². The van der Waals surface area contributed by atoms with Crippen LogP contribution in [0.15, 0.2) is 194 Å². The Morgan fingerprint density at radius 3 is 1.79 bits per heavy atom. The number of aromatic nitrogens is 1. The van der Waals surface area contributed by atoms with Gasteiger partial charge in [0.1, 0.15) is 0 Å². The minimum Gasteiger partial charge on any atom is -0.310 e. The lowest BCUT2D eigenvalue weighted by Crippen LogP contribution is -2.30. The second-order valence-electron chi connectivity index (χ2n) is 16.8. The van der Waals surface area contributed by atoms with Gasteiger partial charge in [0.2, 0.25) is 0 Å². The Morgan fingerprint density at radius 2 is 1.00 bits per heavy atom. The molecule has 0 saturated heterocycles. The van der Waals surface area contributed by atoms with Crippen molar-refractivity contribution in [2.45, 2.75) is 24.7 Å². The SMILES string of the molecule is CC1(C)c2ccccc2-c2cc(N(c3ccccc3)c3ccc(-n4c5ccc6c7c5c5c8c(cccc8ccc54)C7(c4ccccc4)c4ccccc4-6)cc3)ccc21. The molecule has 0 fully saturated rings. The molecule has 3 aliphatic carbocycles. The molecule has 0 bridgehead atoms. The van der Waals surface area contributed by atoms with E-state index < -0.39 is 5.41 Å². The lowest BCUT2D eigenvalue weighted by Gasteiger charge is -2.37. The van der Waals surface area contributed by atoms with E-state index in [9.17, 15) is 0 Å². The minimum atomic E-state index is -0.411. The molecule has 2 nitrogen and oxygen atoms in total. The summed E-state index contributed by atoms with van der Waals surface area (Å²) >= 11 is 0. The second kappa shape index (κ2) is 11.2. The summed E-state index contributed by atoms with van der Waals surface area (Å²) in [7, 11) is 0. The number of anilines is 3. The van der Waals surface area contributed by atoms with Gasteiger partial charge < -0.3 is 9.47 Å². The summed E-state index contributed by atoms with van der Waals surface area (Å²) in [4.78, 5) is 2.40. The summed E-state index contributed by atoms with van der Waals surface area (Å²) in [5, 5.41) is 5.38. The van der Waals surface area contributed by atoms with Crippen molar-refractivity contribution in [3.8, 4) is 27.9 Å². The van der Waals surface area contributed by atoms with E-state index in [0.29, 0.717) is 0 Å². The molecule has 0 spiro atoms. The Kier molecular flexibility index (Phi) is 6.20. The molecule has 2 heteroatoms. The van der Waals surface area contributed by atoms with Crippen molar-refractivity contribution in [2.75, 3.05) is 4.90 Å². The first-order valence-electron chi connectivity index (χ1n) is 20.4. The van der Waals surface area contributed by atoms with Gasteiger partial charge >= 0.3 is 0 Å². The fourth-order valence-corrected chi connectivity index (χ4v) is 11.4. The van der Waals surface area contributed by atoms with Crippen LogP contribution in [0.25, 0.3) is 60.5 Å². The third-order valence-corrected chi connectivity index (χ3v) is 13.8. The normalized spacial score (nSPS) is 16.3. The van der Waals surface area contributed by atoms with Crippen molar-refractivity contribution < 1.29 is 0 Å². The zero-order valence-electron chi connectivity index (χ0n) is 32.4. The molecule has 272 valence electrons. The number of nitrogens with zero attached hydrogens (tertiary/aromatic N) is 2. The lowest BCUT2D eigenvalue weighted by atomic mass is 9.63. The minimum absolute atomic E-state index is 0.0385. The van der Waals surface area contributed by atoms with Crippen LogP contribution in [-0.4, -0.2) is 4.57 Å². The van der Waals surface area contributed by atoms with E-state index in [1.54, 1.807) is 0 Å². The maximum Gasteiger partial charge on any atom is 0.0726 e. The Hall–Kier alpha value is -7.16. The summed E-state index contributed by atoms with van der Waals surface area (Å²) in [5.74, 6) is 0. The molecule has 1 heterocycles. The molecule has 3 aliphatic rings. The third kappa shape index (κ3) is 3.88. The fourth-order valence-electron chi connectivity index (χ4n) is 11.4. The Morgan fingerprint density at radius 1 is 0.397 bits per heavy atom. The van der Waals surface area contributed by atoms with Gasteiger partial charge in [-0.3, -0.25) is 0 Å². The lowest BCUT2D eigenvalue weighted by molar-refractivity contribution is 0.660. The molecule has 9 aromatic carbocycles. The maximum absolute atomic E-state index is 2.51. The predicted octanol–water partition coefficient (Wildman–Crippen LogP) is 14.4. The molecule has 1 aromatic heterocycles. The standard InChI is InChI=1S/C56H38N2/c1-55(2)45-21-11-9-20-42(45)44-34-40(29-31-46(44)55)57(37-17-7-4-8-18-37)38-25-27-39(28-26-38)58-49-32-24-35-14-13-23-48-51(35)52(49)53-50(58)33-30-43-41-19-10-12-22-47(41)56(48,54(43)53)36-15-5-3-6-16-36/h3-34H,1-2H3. The van der Waals surface area contributed by atoms with Crippen molar-refractivity contribution in [3.63, 3.8) is 0 Å². The number of rotatable bonds is 5. The van der Waals surface area contributed by atoms with E-state index >= 15 is 0 Å². The second-order valence-corrected chi connectivity index (χ2v) is 16.8. The molecule has 0 saturated carbocycles. The summed E-state index contributed by atoms with van der Waals surface area (Å²) < 4.78 is 2.51. The monoisotopic (exact) mass is 738 g/mol.